The van der Waals surface area contributed by atoms with Crippen LogP contribution in [-0.2, 0) is 5.54 Å². The first kappa shape index (κ1) is 11.4. The Morgan fingerprint density at radius 1 is 1.11 bits per heavy atom. The van der Waals surface area contributed by atoms with Crippen LogP contribution in [0.5, 0.6) is 0 Å². The SMILES string of the molecule is Nc1ncnc2nc(C3(N)CCCCCC3)[nH]c12. The second kappa shape index (κ2) is 4.20. The summed E-state index contributed by atoms with van der Waals surface area (Å²) in [5, 5.41) is 0. The highest BCUT2D eigenvalue weighted by Crippen LogP contribution is 2.33. The monoisotopic (exact) mass is 246 g/mol. The molecule has 0 spiro atoms. The number of aromatic amines is 1. The summed E-state index contributed by atoms with van der Waals surface area (Å²) < 4.78 is 0. The Hall–Kier alpha value is -1.69. The van der Waals surface area contributed by atoms with Crippen molar-refractivity contribution in [3.05, 3.63) is 12.2 Å². The van der Waals surface area contributed by atoms with Crippen molar-refractivity contribution in [2.24, 2.45) is 5.73 Å². The largest absolute Gasteiger partial charge is 0.382 e. The molecule has 0 atom stereocenters. The maximum Gasteiger partial charge on any atom is 0.183 e. The van der Waals surface area contributed by atoms with Crippen molar-refractivity contribution < 1.29 is 0 Å². The van der Waals surface area contributed by atoms with E-state index in [1.54, 1.807) is 0 Å². The van der Waals surface area contributed by atoms with Crippen LogP contribution >= 0.6 is 0 Å². The zero-order valence-corrected chi connectivity index (χ0v) is 10.3. The fraction of sp³-hybridized carbons (Fsp3) is 0.583. The molecule has 1 fully saturated rings. The number of H-pyrrole nitrogens is 1. The molecule has 2 heterocycles. The lowest BCUT2D eigenvalue weighted by Gasteiger charge is -2.25. The van der Waals surface area contributed by atoms with E-state index in [0.717, 1.165) is 31.5 Å². The fourth-order valence-electron chi connectivity index (χ4n) is 2.68. The maximum absolute atomic E-state index is 6.51. The Bertz CT molecular complexity index is 553. The van der Waals surface area contributed by atoms with Gasteiger partial charge in [-0.15, -0.1) is 0 Å². The minimum atomic E-state index is -0.371. The van der Waals surface area contributed by atoms with Crippen LogP contribution in [-0.4, -0.2) is 19.9 Å². The van der Waals surface area contributed by atoms with Gasteiger partial charge in [-0.1, -0.05) is 25.7 Å². The van der Waals surface area contributed by atoms with Gasteiger partial charge in [0.05, 0.1) is 5.54 Å². The van der Waals surface area contributed by atoms with Gasteiger partial charge in [0, 0.05) is 0 Å². The molecule has 5 N–H and O–H groups in total. The standard InChI is InChI=1S/C12H18N6/c13-9-8-10(16-7-15-9)18-11(17-8)12(14)5-3-1-2-4-6-12/h7H,1-6,14H2,(H3,13,15,16,17,18). The van der Waals surface area contributed by atoms with Crippen LogP contribution in [0.1, 0.15) is 44.3 Å². The Morgan fingerprint density at radius 3 is 2.50 bits per heavy atom. The molecule has 1 aliphatic rings. The number of rotatable bonds is 1. The zero-order valence-electron chi connectivity index (χ0n) is 10.3. The lowest BCUT2D eigenvalue weighted by molar-refractivity contribution is 0.366. The van der Waals surface area contributed by atoms with E-state index in [1.165, 1.54) is 19.2 Å². The predicted octanol–water partition coefficient (Wildman–Crippen LogP) is 1.44. The quantitative estimate of drug-likeness (QED) is 0.660. The van der Waals surface area contributed by atoms with Gasteiger partial charge < -0.3 is 16.5 Å². The summed E-state index contributed by atoms with van der Waals surface area (Å²) in [6, 6.07) is 0. The first-order chi connectivity index (χ1) is 8.69. The number of nitrogens with one attached hydrogen (secondary N) is 1. The number of imidazole rings is 1. The number of nitrogens with two attached hydrogens (primary N) is 2. The van der Waals surface area contributed by atoms with Gasteiger partial charge in [0.2, 0.25) is 0 Å². The molecule has 2 aromatic heterocycles. The Kier molecular flexibility index (Phi) is 2.66. The molecular formula is C12H18N6. The molecule has 0 aliphatic heterocycles. The fourth-order valence-corrected chi connectivity index (χ4v) is 2.68. The van der Waals surface area contributed by atoms with Gasteiger partial charge in [-0.25, -0.2) is 15.0 Å². The topological polar surface area (TPSA) is 106 Å². The highest BCUT2D eigenvalue weighted by Gasteiger charge is 2.31. The average Bonchev–Trinajstić information content (AvgIpc) is 2.69. The molecule has 0 bridgehead atoms. The van der Waals surface area contributed by atoms with Crippen LogP contribution in [0, 0.1) is 0 Å². The highest BCUT2D eigenvalue weighted by molar-refractivity contribution is 5.81. The number of anilines is 1. The van der Waals surface area contributed by atoms with E-state index in [1.807, 2.05) is 0 Å². The van der Waals surface area contributed by atoms with Crippen LogP contribution < -0.4 is 11.5 Å². The third-order valence-electron chi connectivity index (χ3n) is 3.79. The zero-order chi connectivity index (χ0) is 12.6. The molecule has 0 aromatic carbocycles. The highest BCUT2D eigenvalue weighted by atomic mass is 15.1. The summed E-state index contributed by atoms with van der Waals surface area (Å²) in [7, 11) is 0. The minimum absolute atomic E-state index is 0.371. The molecule has 18 heavy (non-hydrogen) atoms. The summed E-state index contributed by atoms with van der Waals surface area (Å²) in [5.41, 5.74) is 13.2. The normalized spacial score (nSPS) is 19.8. The lowest BCUT2D eigenvalue weighted by atomic mass is 9.91. The lowest BCUT2D eigenvalue weighted by Crippen LogP contribution is -2.37. The van der Waals surface area contributed by atoms with Crippen molar-refractivity contribution in [3.8, 4) is 0 Å². The van der Waals surface area contributed by atoms with Crippen LogP contribution in [0.4, 0.5) is 5.82 Å². The van der Waals surface area contributed by atoms with E-state index >= 15 is 0 Å². The first-order valence-corrected chi connectivity index (χ1v) is 6.45. The Balaban J connectivity index is 2.05. The minimum Gasteiger partial charge on any atom is -0.382 e. The molecule has 6 nitrogen and oxygen atoms in total. The van der Waals surface area contributed by atoms with E-state index in [2.05, 4.69) is 19.9 Å². The van der Waals surface area contributed by atoms with Crippen molar-refractivity contribution in [2.75, 3.05) is 5.73 Å². The second-order valence-electron chi connectivity index (χ2n) is 5.11. The van der Waals surface area contributed by atoms with Crippen molar-refractivity contribution in [1.29, 1.82) is 0 Å². The van der Waals surface area contributed by atoms with Gasteiger partial charge in [-0.2, -0.15) is 0 Å². The van der Waals surface area contributed by atoms with Crippen molar-refractivity contribution >= 4 is 17.0 Å². The molecule has 1 saturated carbocycles. The summed E-state index contributed by atoms with van der Waals surface area (Å²) in [5.74, 6) is 1.22. The number of hydrogen-bond acceptors (Lipinski definition) is 5. The third-order valence-corrected chi connectivity index (χ3v) is 3.79. The van der Waals surface area contributed by atoms with Crippen LogP contribution in [0.2, 0.25) is 0 Å². The second-order valence-corrected chi connectivity index (χ2v) is 5.11. The van der Waals surface area contributed by atoms with E-state index in [0.29, 0.717) is 17.0 Å². The number of nitrogens with zero attached hydrogens (tertiary/aromatic N) is 3. The van der Waals surface area contributed by atoms with E-state index in [9.17, 15) is 0 Å². The molecule has 1 aliphatic carbocycles. The molecule has 0 radical (unpaired) electrons. The number of aromatic nitrogens is 4. The smallest absolute Gasteiger partial charge is 0.183 e. The van der Waals surface area contributed by atoms with E-state index in [-0.39, 0.29) is 5.54 Å². The molecule has 3 rings (SSSR count). The summed E-state index contributed by atoms with van der Waals surface area (Å²) in [6.45, 7) is 0. The summed E-state index contributed by atoms with van der Waals surface area (Å²) >= 11 is 0. The summed E-state index contributed by atoms with van der Waals surface area (Å²) in [4.78, 5) is 15.8. The third kappa shape index (κ3) is 1.82. The number of hydrogen-bond donors (Lipinski definition) is 3. The average molecular weight is 246 g/mol. The number of fused-ring (bicyclic) bond motifs is 1. The summed E-state index contributed by atoms with van der Waals surface area (Å²) in [6.07, 6.45) is 8.14. The van der Waals surface area contributed by atoms with Gasteiger partial charge >= 0.3 is 0 Å². The van der Waals surface area contributed by atoms with Gasteiger partial charge in [0.1, 0.15) is 17.7 Å². The maximum atomic E-state index is 6.51. The van der Waals surface area contributed by atoms with Gasteiger partial charge in [-0.3, -0.25) is 0 Å². The molecule has 0 saturated heterocycles. The van der Waals surface area contributed by atoms with Crippen LogP contribution in [0.15, 0.2) is 6.33 Å². The van der Waals surface area contributed by atoms with E-state index < -0.39 is 0 Å². The van der Waals surface area contributed by atoms with Crippen LogP contribution in [0.25, 0.3) is 11.2 Å². The Labute approximate surface area is 105 Å². The van der Waals surface area contributed by atoms with Gasteiger partial charge in [0.15, 0.2) is 11.5 Å². The molecule has 2 aromatic rings. The molecular weight excluding hydrogens is 228 g/mol. The predicted molar refractivity (Wildman–Crippen MR) is 69.7 cm³/mol. The van der Waals surface area contributed by atoms with Crippen LogP contribution in [0.3, 0.4) is 0 Å². The Morgan fingerprint density at radius 2 is 1.83 bits per heavy atom. The first-order valence-electron chi connectivity index (χ1n) is 6.45. The number of nitrogen functional groups attached to an aromatic ring is 1. The van der Waals surface area contributed by atoms with Gasteiger partial charge in [-0.05, 0) is 12.8 Å². The van der Waals surface area contributed by atoms with Gasteiger partial charge in [0.25, 0.3) is 0 Å². The van der Waals surface area contributed by atoms with Crippen molar-refractivity contribution in [2.45, 2.75) is 44.1 Å². The molecule has 0 amide bonds. The van der Waals surface area contributed by atoms with Crippen molar-refractivity contribution in [3.63, 3.8) is 0 Å². The van der Waals surface area contributed by atoms with E-state index in [4.69, 9.17) is 11.5 Å². The molecule has 0 unspecified atom stereocenters. The molecule has 96 valence electrons. The molecule has 6 heteroatoms. The van der Waals surface area contributed by atoms with Crippen molar-refractivity contribution in [1.82, 2.24) is 19.9 Å².